The van der Waals surface area contributed by atoms with E-state index in [9.17, 15) is 4.79 Å². The number of benzene rings is 2. The molecule has 0 bridgehead atoms. The van der Waals surface area contributed by atoms with E-state index < -0.39 is 0 Å². The van der Waals surface area contributed by atoms with Gasteiger partial charge in [-0.2, -0.15) is 0 Å². The molecular formula is C23H29NO4. The zero-order valence-electron chi connectivity index (χ0n) is 17.0. The monoisotopic (exact) mass is 383 g/mol. The second-order valence-corrected chi connectivity index (χ2v) is 6.91. The van der Waals surface area contributed by atoms with Gasteiger partial charge in [-0.3, -0.25) is 4.79 Å². The number of hydrogen-bond donors (Lipinski definition) is 0. The molecule has 1 heterocycles. The fourth-order valence-electron chi connectivity index (χ4n) is 3.43. The number of amides is 1. The van der Waals surface area contributed by atoms with Gasteiger partial charge in [0.1, 0.15) is 5.75 Å². The third-order valence-electron chi connectivity index (χ3n) is 4.80. The summed E-state index contributed by atoms with van der Waals surface area (Å²) in [6, 6.07) is 12.0. The van der Waals surface area contributed by atoms with E-state index in [-0.39, 0.29) is 5.91 Å². The molecule has 0 radical (unpaired) electrons. The molecule has 0 saturated heterocycles. The average Bonchev–Trinajstić information content (AvgIpc) is 2.68. The van der Waals surface area contributed by atoms with Crippen LogP contribution in [-0.4, -0.2) is 37.2 Å². The smallest absolute Gasteiger partial charge is 0.226 e. The predicted molar refractivity (Wildman–Crippen MR) is 109 cm³/mol. The van der Waals surface area contributed by atoms with Gasteiger partial charge in [-0.05, 0) is 68.1 Å². The quantitative estimate of drug-likeness (QED) is 0.687. The SMILES string of the molecule is CCOc1cc2c(cc1OCC)CN(C(=O)CCOc1cccc(C)c1)CC2. The lowest BCUT2D eigenvalue weighted by Crippen LogP contribution is -2.36. The topological polar surface area (TPSA) is 48.0 Å². The summed E-state index contributed by atoms with van der Waals surface area (Å²) < 4.78 is 17.2. The summed E-state index contributed by atoms with van der Waals surface area (Å²) in [6.07, 6.45) is 1.20. The van der Waals surface area contributed by atoms with Crippen molar-refractivity contribution in [2.75, 3.05) is 26.4 Å². The molecule has 0 spiro atoms. The summed E-state index contributed by atoms with van der Waals surface area (Å²) in [6.45, 7) is 8.84. The van der Waals surface area contributed by atoms with Gasteiger partial charge in [0, 0.05) is 13.1 Å². The number of carbonyl (C=O) groups is 1. The molecule has 0 saturated carbocycles. The third kappa shape index (κ3) is 4.97. The van der Waals surface area contributed by atoms with Gasteiger partial charge < -0.3 is 19.1 Å². The molecule has 0 N–H and O–H groups in total. The lowest BCUT2D eigenvalue weighted by atomic mass is 9.98. The maximum Gasteiger partial charge on any atom is 0.226 e. The van der Waals surface area contributed by atoms with E-state index in [0.717, 1.165) is 41.3 Å². The van der Waals surface area contributed by atoms with Crippen LogP contribution in [0.25, 0.3) is 0 Å². The van der Waals surface area contributed by atoms with E-state index in [1.54, 1.807) is 0 Å². The maximum atomic E-state index is 12.6. The molecule has 0 aliphatic carbocycles. The van der Waals surface area contributed by atoms with Gasteiger partial charge in [0.05, 0.1) is 26.2 Å². The van der Waals surface area contributed by atoms with Crippen molar-refractivity contribution in [3.8, 4) is 17.2 Å². The second-order valence-electron chi connectivity index (χ2n) is 6.91. The molecule has 28 heavy (non-hydrogen) atoms. The largest absolute Gasteiger partial charge is 0.493 e. The van der Waals surface area contributed by atoms with E-state index in [0.29, 0.717) is 32.8 Å². The fourth-order valence-corrected chi connectivity index (χ4v) is 3.43. The van der Waals surface area contributed by atoms with Crippen molar-refractivity contribution < 1.29 is 19.0 Å². The highest BCUT2D eigenvalue weighted by Crippen LogP contribution is 2.34. The molecule has 0 aromatic heterocycles. The molecule has 0 atom stereocenters. The molecule has 1 amide bonds. The van der Waals surface area contributed by atoms with Crippen molar-refractivity contribution in [1.29, 1.82) is 0 Å². The van der Waals surface area contributed by atoms with Crippen molar-refractivity contribution in [3.05, 3.63) is 53.1 Å². The fraction of sp³-hybridized carbons (Fsp3) is 0.435. The Bertz CT molecular complexity index is 818. The number of nitrogens with zero attached hydrogens (tertiary/aromatic N) is 1. The standard InChI is InChI=1S/C23H29NO4/c1-4-26-21-14-18-9-11-24(16-19(18)15-22(21)27-5-2)23(25)10-12-28-20-8-6-7-17(3)13-20/h6-8,13-15H,4-5,9-12,16H2,1-3H3. The van der Waals surface area contributed by atoms with E-state index >= 15 is 0 Å². The molecular weight excluding hydrogens is 354 g/mol. The molecule has 3 rings (SSSR count). The molecule has 5 nitrogen and oxygen atoms in total. The Morgan fingerprint density at radius 3 is 2.39 bits per heavy atom. The highest BCUT2D eigenvalue weighted by Gasteiger charge is 2.23. The van der Waals surface area contributed by atoms with Crippen molar-refractivity contribution in [1.82, 2.24) is 4.90 Å². The summed E-state index contributed by atoms with van der Waals surface area (Å²) in [4.78, 5) is 14.5. The van der Waals surface area contributed by atoms with Crippen molar-refractivity contribution in [2.45, 2.75) is 40.2 Å². The van der Waals surface area contributed by atoms with Crippen LogP contribution in [-0.2, 0) is 17.8 Å². The molecule has 1 aliphatic heterocycles. The van der Waals surface area contributed by atoms with Gasteiger partial charge in [0.15, 0.2) is 11.5 Å². The molecule has 150 valence electrons. The van der Waals surface area contributed by atoms with E-state index in [1.807, 2.05) is 56.0 Å². The highest BCUT2D eigenvalue weighted by molar-refractivity contribution is 5.76. The van der Waals surface area contributed by atoms with Crippen LogP contribution in [0.3, 0.4) is 0 Å². The van der Waals surface area contributed by atoms with Crippen LogP contribution >= 0.6 is 0 Å². The molecule has 1 aliphatic rings. The van der Waals surface area contributed by atoms with Crippen LogP contribution in [0.4, 0.5) is 0 Å². The van der Waals surface area contributed by atoms with Gasteiger partial charge in [0.2, 0.25) is 5.91 Å². The van der Waals surface area contributed by atoms with Gasteiger partial charge in [0.25, 0.3) is 0 Å². The van der Waals surface area contributed by atoms with Gasteiger partial charge >= 0.3 is 0 Å². The minimum Gasteiger partial charge on any atom is -0.493 e. The molecule has 2 aromatic rings. The number of ether oxygens (including phenoxy) is 3. The summed E-state index contributed by atoms with van der Waals surface area (Å²) in [5.41, 5.74) is 3.51. The lowest BCUT2D eigenvalue weighted by molar-refractivity contribution is -0.132. The van der Waals surface area contributed by atoms with Gasteiger partial charge in [-0.25, -0.2) is 0 Å². The van der Waals surface area contributed by atoms with Crippen molar-refractivity contribution >= 4 is 5.91 Å². The number of aryl methyl sites for hydroxylation is 1. The summed E-state index contributed by atoms with van der Waals surface area (Å²) >= 11 is 0. The third-order valence-corrected chi connectivity index (χ3v) is 4.80. The summed E-state index contributed by atoms with van der Waals surface area (Å²) in [5, 5.41) is 0. The number of carbonyl (C=O) groups excluding carboxylic acids is 1. The first-order valence-corrected chi connectivity index (χ1v) is 9.99. The predicted octanol–water partition coefficient (Wildman–Crippen LogP) is 4.15. The van der Waals surface area contributed by atoms with Crippen LogP contribution in [0.15, 0.2) is 36.4 Å². The van der Waals surface area contributed by atoms with Crippen molar-refractivity contribution in [2.24, 2.45) is 0 Å². The molecule has 0 fully saturated rings. The van der Waals surface area contributed by atoms with Gasteiger partial charge in [-0.1, -0.05) is 12.1 Å². The van der Waals surface area contributed by atoms with E-state index in [4.69, 9.17) is 14.2 Å². The normalized spacial score (nSPS) is 13.0. The zero-order chi connectivity index (χ0) is 19.9. The Morgan fingerprint density at radius 1 is 1.00 bits per heavy atom. The Balaban J connectivity index is 1.60. The van der Waals surface area contributed by atoms with Crippen LogP contribution in [0, 0.1) is 6.92 Å². The first-order valence-electron chi connectivity index (χ1n) is 9.99. The second kappa shape index (κ2) is 9.49. The Labute approximate surface area is 167 Å². The molecule has 0 unspecified atom stereocenters. The van der Waals surface area contributed by atoms with Crippen LogP contribution in [0.1, 0.15) is 37.0 Å². The number of rotatable bonds is 8. The molecule has 5 heteroatoms. The Kier molecular flexibility index (Phi) is 6.80. The van der Waals surface area contributed by atoms with Crippen LogP contribution in [0.2, 0.25) is 0 Å². The van der Waals surface area contributed by atoms with Gasteiger partial charge in [-0.15, -0.1) is 0 Å². The Hall–Kier alpha value is -2.69. The average molecular weight is 383 g/mol. The van der Waals surface area contributed by atoms with Crippen LogP contribution < -0.4 is 14.2 Å². The van der Waals surface area contributed by atoms with Crippen molar-refractivity contribution in [3.63, 3.8) is 0 Å². The van der Waals surface area contributed by atoms with Crippen LogP contribution in [0.5, 0.6) is 17.2 Å². The number of hydrogen-bond acceptors (Lipinski definition) is 4. The minimum absolute atomic E-state index is 0.116. The van der Waals surface area contributed by atoms with E-state index in [1.165, 1.54) is 5.56 Å². The number of fused-ring (bicyclic) bond motifs is 1. The molecule has 2 aromatic carbocycles. The zero-order valence-corrected chi connectivity index (χ0v) is 17.0. The lowest BCUT2D eigenvalue weighted by Gasteiger charge is -2.30. The minimum atomic E-state index is 0.116. The highest BCUT2D eigenvalue weighted by atomic mass is 16.5. The maximum absolute atomic E-state index is 12.6. The summed E-state index contributed by atoms with van der Waals surface area (Å²) in [5.74, 6) is 2.46. The summed E-state index contributed by atoms with van der Waals surface area (Å²) in [7, 11) is 0. The van der Waals surface area contributed by atoms with E-state index in [2.05, 4.69) is 6.07 Å². The Morgan fingerprint density at radius 2 is 1.71 bits per heavy atom. The first kappa shape index (κ1) is 20.1. The first-order chi connectivity index (χ1) is 13.6.